The number of carbonyl (C=O) groups is 2. The van der Waals surface area contributed by atoms with Crippen molar-refractivity contribution < 1.29 is 23.8 Å². The van der Waals surface area contributed by atoms with Gasteiger partial charge in [0.05, 0.1) is 18.9 Å². The summed E-state index contributed by atoms with van der Waals surface area (Å²) >= 11 is 0. The summed E-state index contributed by atoms with van der Waals surface area (Å²) in [7, 11) is 0. The molecule has 1 aliphatic rings. The minimum Gasteiger partial charge on any atom is -0.494 e. The summed E-state index contributed by atoms with van der Waals surface area (Å²) in [6.45, 7) is 6.02. The van der Waals surface area contributed by atoms with E-state index in [0.717, 1.165) is 18.4 Å². The first-order chi connectivity index (χ1) is 10.4. The minimum absolute atomic E-state index is 0.267. The Morgan fingerprint density at radius 3 is 2.73 bits per heavy atom. The highest BCUT2D eigenvalue weighted by Gasteiger charge is 2.33. The van der Waals surface area contributed by atoms with Crippen molar-refractivity contribution in [2.75, 3.05) is 18.5 Å². The van der Waals surface area contributed by atoms with E-state index in [1.54, 1.807) is 6.07 Å². The average Bonchev–Trinajstić information content (AvgIpc) is 2.40. The van der Waals surface area contributed by atoms with Gasteiger partial charge in [0.1, 0.15) is 11.4 Å². The van der Waals surface area contributed by atoms with Crippen LogP contribution in [0.5, 0.6) is 5.75 Å². The van der Waals surface area contributed by atoms with Crippen LogP contribution in [0.2, 0.25) is 0 Å². The Morgan fingerprint density at radius 1 is 1.27 bits per heavy atom. The second kappa shape index (κ2) is 6.68. The molecule has 0 aliphatic carbocycles. The Kier molecular flexibility index (Phi) is 4.90. The van der Waals surface area contributed by atoms with Crippen LogP contribution in [0.1, 0.15) is 39.2 Å². The van der Waals surface area contributed by atoms with Crippen molar-refractivity contribution in [3.63, 3.8) is 0 Å². The fourth-order valence-electron chi connectivity index (χ4n) is 2.27. The molecule has 0 saturated carbocycles. The molecule has 0 spiro atoms. The molecule has 0 radical (unpaired) electrons. The van der Waals surface area contributed by atoms with E-state index in [9.17, 15) is 9.59 Å². The maximum atomic E-state index is 11.5. The third-order valence-corrected chi connectivity index (χ3v) is 3.34. The monoisotopic (exact) mass is 307 g/mol. The van der Waals surface area contributed by atoms with E-state index in [1.165, 1.54) is 6.92 Å². The van der Waals surface area contributed by atoms with Crippen molar-refractivity contribution in [1.82, 2.24) is 0 Å². The smallest absolute Gasteiger partial charge is 0.412 e. The summed E-state index contributed by atoms with van der Waals surface area (Å²) in [4.78, 5) is 22.1. The van der Waals surface area contributed by atoms with Crippen LogP contribution >= 0.6 is 0 Å². The predicted octanol–water partition coefficient (Wildman–Crippen LogP) is 3.21. The molecule has 1 aromatic carbocycles. The van der Waals surface area contributed by atoms with Crippen molar-refractivity contribution in [1.29, 1.82) is 0 Å². The molecule has 1 heterocycles. The third kappa shape index (κ3) is 4.13. The van der Waals surface area contributed by atoms with Gasteiger partial charge in [0.15, 0.2) is 0 Å². The summed E-state index contributed by atoms with van der Waals surface area (Å²) < 4.78 is 15.7. The molecule has 2 rings (SSSR count). The van der Waals surface area contributed by atoms with Crippen LogP contribution in [-0.2, 0) is 19.9 Å². The fraction of sp³-hybridized carbons (Fsp3) is 0.500. The van der Waals surface area contributed by atoms with E-state index in [-0.39, 0.29) is 5.97 Å². The largest absolute Gasteiger partial charge is 0.494 e. The molecule has 0 saturated heterocycles. The van der Waals surface area contributed by atoms with E-state index in [1.807, 2.05) is 26.0 Å². The Balaban J connectivity index is 1.88. The highest BCUT2D eigenvalue weighted by molar-refractivity contribution is 5.89. The van der Waals surface area contributed by atoms with Crippen LogP contribution in [0.4, 0.5) is 10.5 Å². The van der Waals surface area contributed by atoms with Gasteiger partial charge in [-0.25, -0.2) is 4.79 Å². The number of rotatable bonds is 6. The SMILES string of the molecule is CC(=O)OCCCCOc1ccc2c(c1)NC(=O)OC2(C)C. The molecule has 0 atom stereocenters. The van der Waals surface area contributed by atoms with Crippen LogP contribution < -0.4 is 10.1 Å². The van der Waals surface area contributed by atoms with Crippen LogP contribution in [0, 0.1) is 0 Å². The lowest BCUT2D eigenvalue weighted by molar-refractivity contribution is -0.141. The molecule has 0 aromatic heterocycles. The van der Waals surface area contributed by atoms with Gasteiger partial charge in [-0.1, -0.05) is 0 Å². The van der Waals surface area contributed by atoms with E-state index in [4.69, 9.17) is 14.2 Å². The van der Waals surface area contributed by atoms with Crippen molar-refractivity contribution in [3.05, 3.63) is 23.8 Å². The number of ether oxygens (including phenoxy) is 3. The van der Waals surface area contributed by atoms with Gasteiger partial charge < -0.3 is 14.2 Å². The molecule has 0 bridgehead atoms. The van der Waals surface area contributed by atoms with Gasteiger partial charge in [-0.2, -0.15) is 0 Å². The lowest BCUT2D eigenvalue weighted by Crippen LogP contribution is -2.34. The number of hydrogen-bond donors (Lipinski definition) is 1. The highest BCUT2D eigenvalue weighted by atomic mass is 16.6. The van der Waals surface area contributed by atoms with Gasteiger partial charge in [0, 0.05) is 18.6 Å². The third-order valence-electron chi connectivity index (χ3n) is 3.34. The standard InChI is InChI=1S/C16H21NO5/c1-11(18)20-8-4-5-9-21-12-6-7-13-14(10-12)17-15(19)22-16(13,2)3/h6-7,10H,4-5,8-9H2,1-3H3,(H,17,19). The van der Waals surface area contributed by atoms with Crippen molar-refractivity contribution >= 4 is 17.7 Å². The van der Waals surface area contributed by atoms with E-state index in [2.05, 4.69) is 5.32 Å². The number of nitrogens with one attached hydrogen (secondary N) is 1. The zero-order chi connectivity index (χ0) is 16.2. The van der Waals surface area contributed by atoms with Gasteiger partial charge >= 0.3 is 12.1 Å². The number of carbonyl (C=O) groups excluding carboxylic acids is 2. The first-order valence-corrected chi connectivity index (χ1v) is 7.29. The quantitative estimate of drug-likeness (QED) is 0.645. The Morgan fingerprint density at radius 2 is 2.00 bits per heavy atom. The molecule has 22 heavy (non-hydrogen) atoms. The predicted molar refractivity (Wildman–Crippen MR) is 80.9 cm³/mol. The average molecular weight is 307 g/mol. The number of unbranched alkanes of at least 4 members (excludes halogenated alkanes) is 1. The second-order valence-corrected chi connectivity index (χ2v) is 5.63. The Bertz CT molecular complexity index is 568. The minimum atomic E-state index is -0.653. The van der Waals surface area contributed by atoms with Crippen LogP contribution in [0.25, 0.3) is 0 Å². The topological polar surface area (TPSA) is 73.9 Å². The normalized spacial score (nSPS) is 15.3. The van der Waals surface area contributed by atoms with Crippen molar-refractivity contribution in [2.45, 2.75) is 39.2 Å². The van der Waals surface area contributed by atoms with Gasteiger partial charge in [-0.15, -0.1) is 0 Å². The van der Waals surface area contributed by atoms with E-state index < -0.39 is 11.7 Å². The zero-order valence-corrected chi connectivity index (χ0v) is 13.1. The summed E-state index contributed by atoms with van der Waals surface area (Å²) in [5.41, 5.74) is 0.966. The lowest BCUT2D eigenvalue weighted by Gasteiger charge is -2.32. The molecule has 1 N–H and O–H groups in total. The van der Waals surface area contributed by atoms with Crippen molar-refractivity contribution in [2.24, 2.45) is 0 Å². The molecular weight excluding hydrogens is 286 g/mol. The fourth-order valence-corrected chi connectivity index (χ4v) is 2.27. The molecule has 1 aliphatic heterocycles. The number of amides is 1. The Hall–Kier alpha value is -2.24. The molecule has 6 heteroatoms. The maximum Gasteiger partial charge on any atom is 0.412 e. The number of esters is 1. The van der Waals surface area contributed by atoms with Crippen LogP contribution in [0.15, 0.2) is 18.2 Å². The van der Waals surface area contributed by atoms with E-state index in [0.29, 0.717) is 24.7 Å². The molecule has 0 fully saturated rings. The molecule has 1 amide bonds. The van der Waals surface area contributed by atoms with Crippen molar-refractivity contribution in [3.8, 4) is 5.75 Å². The zero-order valence-electron chi connectivity index (χ0n) is 13.1. The summed E-state index contributed by atoms with van der Waals surface area (Å²) in [5, 5.41) is 2.68. The summed E-state index contributed by atoms with van der Waals surface area (Å²) in [5.74, 6) is 0.417. The number of fused-ring (bicyclic) bond motifs is 1. The van der Waals surface area contributed by atoms with Gasteiger partial charge in [0.25, 0.3) is 0 Å². The first kappa shape index (κ1) is 16.1. The molecule has 120 valence electrons. The highest BCUT2D eigenvalue weighted by Crippen LogP contribution is 2.37. The lowest BCUT2D eigenvalue weighted by atomic mass is 9.95. The molecule has 6 nitrogen and oxygen atoms in total. The van der Waals surface area contributed by atoms with Gasteiger partial charge in [0.2, 0.25) is 0 Å². The molecular formula is C16H21NO5. The maximum absolute atomic E-state index is 11.5. The van der Waals surface area contributed by atoms with Gasteiger partial charge in [-0.05, 0) is 38.8 Å². The molecule has 0 unspecified atom stereocenters. The number of benzene rings is 1. The number of cyclic esters (lactones) is 1. The summed E-state index contributed by atoms with van der Waals surface area (Å²) in [6, 6.07) is 5.54. The molecule has 1 aromatic rings. The van der Waals surface area contributed by atoms with E-state index >= 15 is 0 Å². The number of hydrogen-bond acceptors (Lipinski definition) is 5. The first-order valence-electron chi connectivity index (χ1n) is 7.29. The second-order valence-electron chi connectivity index (χ2n) is 5.63. The van der Waals surface area contributed by atoms with Crippen LogP contribution in [-0.4, -0.2) is 25.3 Å². The summed E-state index contributed by atoms with van der Waals surface area (Å²) in [6.07, 6.45) is 1.07. The number of anilines is 1. The Labute approximate surface area is 129 Å². The van der Waals surface area contributed by atoms with Gasteiger partial charge in [-0.3, -0.25) is 10.1 Å². The van der Waals surface area contributed by atoms with Crippen LogP contribution in [0.3, 0.4) is 0 Å².